The van der Waals surface area contributed by atoms with Crippen molar-refractivity contribution in [1.29, 1.82) is 0 Å². The molecule has 0 heterocycles. The first kappa shape index (κ1) is 20.4. The average Bonchev–Trinajstić information content (AvgIpc) is 2.50. The van der Waals surface area contributed by atoms with Gasteiger partial charge in [-0.1, -0.05) is 59.6 Å². The number of hydrogen-bond donors (Lipinski definition) is 1. The van der Waals surface area contributed by atoms with Crippen LogP contribution in [0.1, 0.15) is 65.9 Å². The first-order valence-electron chi connectivity index (χ1n) is 9.29. The molecule has 0 spiro atoms. The number of phenols is 1. The van der Waals surface area contributed by atoms with E-state index in [2.05, 4.69) is 34.6 Å². The molecule has 0 radical (unpaired) electrons. The van der Waals surface area contributed by atoms with Gasteiger partial charge in [-0.2, -0.15) is 11.8 Å². The van der Waals surface area contributed by atoms with Crippen LogP contribution in [0.4, 0.5) is 0 Å². The number of thioether (sulfide) groups is 1. The molecule has 1 nitrogen and oxygen atoms in total. The van der Waals surface area contributed by atoms with Gasteiger partial charge in [0.15, 0.2) is 0 Å². The van der Waals surface area contributed by atoms with E-state index in [4.69, 9.17) is 0 Å². The summed E-state index contributed by atoms with van der Waals surface area (Å²) in [5.41, 5.74) is 1.31. The molecule has 0 aliphatic carbocycles. The Morgan fingerprint density at radius 3 is 2.00 bits per heavy atom. The normalized spacial score (nSPS) is 14.4. The minimum atomic E-state index is 0.356. The highest BCUT2D eigenvalue weighted by Crippen LogP contribution is 2.32. The lowest BCUT2D eigenvalue weighted by Gasteiger charge is -2.28. The monoisotopic (exact) mass is 336 g/mol. The van der Waals surface area contributed by atoms with Gasteiger partial charge in [-0.05, 0) is 60.0 Å². The molecular weight excluding hydrogens is 300 g/mol. The van der Waals surface area contributed by atoms with E-state index in [-0.39, 0.29) is 0 Å². The highest BCUT2D eigenvalue weighted by Gasteiger charge is 2.21. The number of phenolic OH excluding ortho intramolecular Hbond substituents is 1. The molecule has 23 heavy (non-hydrogen) atoms. The van der Waals surface area contributed by atoms with Crippen LogP contribution in [0.15, 0.2) is 24.3 Å². The highest BCUT2D eigenvalue weighted by atomic mass is 32.2. The Hall–Kier alpha value is -0.630. The zero-order valence-corrected chi connectivity index (χ0v) is 16.5. The van der Waals surface area contributed by atoms with Crippen LogP contribution in [0, 0.1) is 23.7 Å². The van der Waals surface area contributed by atoms with Crippen LogP contribution < -0.4 is 0 Å². The second-order valence-electron chi connectivity index (χ2n) is 7.54. The molecule has 1 aromatic rings. The first-order chi connectivity index (χ1) is 10.9. The molecule has 0 aliphatic rings. The quantitative estimate of drug-likeness (QED) is 0.451. The Morgan fingerprint density at radius 1 is 0.913 bits per heavy atom. The molecule has 0 fully saturated rings. The van der Waals surface area contributed by atoms with Crippen molar-refractivity contribution in [3.8, 4) is 5.75 Å². The predicted octanol–water partition coefficient (Wildman–Crippen LogP) is 6.75. The minimum Gasteiger partial charge on any atom is -0.508 e. The minimum absolute atomic E-state index is 0.356. The van der Waals surface area contributed by atoms with Crippen molar-refractivity contribution in [1.82, 2.24) is 0 Å². The van der Waals surface area contributed by atoms with Crippen molar-refractivity contribution in [2.75, 3.05) is 5.75 Å². The second kappa shape index (κ2) is 11.0. The van der Waals surface area contributed by atoms with E-state index in [0.717, 1.165) is 29.4 Å². The van der Waals surface area contributed by atoms with Gasteiger partial charge in [-0.25, -0.2) is 0 Å². The van der Waals surface area contributed by atoms with Crippen LogP contribution in [0.3, 0.4) is 0 Å². The summed E-state index contributed by atoms with van der Waals surface area (Å²) in [5, 5.41) is 9.33. The van der Waals surface area contributed by atoms with Crippen LogP contribution in [-0.4, -0.2) is 10.9 Å². The molecule has 2 unspecified atom stereocenters. The molecule has 1 N–H and O–H groups in total. The lowest BCUT2D eigenvalue weighted by Crippen LogP contribution is -2.19. The summed E-state index contributed by atoms with van der Waals surface area (Å²) in [6.45, 7) is 11.9. The van der Waals surface area contributed by atoms with Gasteiger partial charge in [0, 0.05) is 5.75 Å². The Bertz CT molecular complexity index is 410. The van der Waals surface area contributed by atoms with Crippen molar-refractivity contribution >= 4 is 11.8 Å². The third-order valence-electron chi connectivity index (χ3n) is 4.99. The molecule has 0 saturated heterocycles. The van der Waals surface area contributed by atoms with Crippen molar-refractivity contribution in [3.05, 3.63) is 29.8 Å². The Kier molecular flexibility index (Phi) is 9.78. The van der Waals surface area contributed by atoms with Gasteiger partial charge in [-0.15, -0.1) is 0 Å². The summed E-state index contributed by atoms with van der Waals surface area (Å²) in [6, 6.07) is 7.62. The lowest BCUT2D eigenvalue weighted by atomic mass is 9.78. The Balaban J connectivity index is 2.39. The van der Waals surface area contributed by atoms with Crippen LogP contribution in [-0.2, 0) is 5.75 Å². The molecule has 0 aromatic heterocycles. The predicted molar refractivity (Wildman–Crippen MR) is 105 cm³/mol. The van der Waals surface area contributed by atoms with Crippen molar-refractivity contribution in [2.24, 2.45) is 23.7 Å². The standard InChI is InChI=1S/C21H36OS/c1-6-7-19(16(2)3)14-20(17(4)5)12-13-23-15-18-8-10-21(22)11-9-18/h8-11,16-17,19-20,22H,6-7,12-15H2,1-5H3. The fourth-order valence-electron chi connectivity index (χ4n) is 3.22. The van der Waals surface area contributed by atoms with Gasteiger partial charge < -0.3 is 5.11 Å². The van der Waals surface area contributed by atoms with Gasteiger partial charge in [0.1, 0.15) is 5.75 Å². The van der Waals surface area contributed by atoms with Crippen LogP contribution in [0.5, 0.6) is 5.75 Å². The fourth-order valence-corrected chi connectivity index (χ4v) is 4.27. The number of aromatic hydroxyl groups is 1. The molecule has 0 aliphatic heterocycles. The summed E-state index contributed by atoms with van der Waals surface area (Å²) in [6.07, 6.45) is 5.40. The Labute approximate surface area is 148 Å². The van der Waals surface area contributed by atoms with E-state index >= 15 is 0 Å². The van der Waals surface area contributed by atoms with Crippen LogP contribution in [0.2, 0.25) is 0 Å². The van der Waals surface area contributed by atoms with Gasteiger partial charge in [0.2, 0.25) is 0 Å². The van der Waals surface area contributed by atoms with E-state index in [0.29, 0.717) is 5.75 Å². The van der Waals surface area contributed by atoms with E-state index in [1.54, 1.807) is 12.1 Å². The molecule has 1 rings (SSSR count). The maximum atomic E-state index is 9.33. The van der Waals surface area contributed by atoms with E-state index in [1.165, 1.54) is 37.0 Å². The lowest BCUT2D eigenvalue weighted by molar-refractivity contribution is 0.234. The van der Waals surface area contributed by atoms with Crippen molar-refractivity contribution in [2.45, 2.75) is 66.1 Å². The van der Waals surface area contributed by atoms with Gasteiger partial charge in [-0.3, -0.25) is 0 Å². The largest absolute Gasteiger partial charge is 0.508 e. The highest BCUT2D eigenvalue weighted by molar-refractivity contribution is 7.98. The van der Waals surface area contributed by atoms with Gasteiger partial charge in [0.25, 0.3) is 0 Å². The molecule has 2 atom stereocenters. The summed E-state index contributed by atoms with van der Waals surface area (Å²) in [7, 11) is 0. The smallest absolute Gasteiger partial charge is 0.115 e. The topological polar surface area (TPSA) is 20.2 Å². The zero-order valence-electron chi connectivity index (χ0n) is 15.7. The van der Waals surface area contributed by atoms with Crippen LogP contribution in [0.25, 0.3) is 0 Å². The van der Waals surface area contributed by atoms with E-state index in [9.17, 15) is 5.11 Å². The molecular formula is C21H36OS. The summed E-state index contributed by atoms with van der Waals surface area (Å²) < 4.78 is 0. The molecule has 132 valence electrons. The molecule has 0 bridgehead atoms. The Morgan fingerprint density at radius 2 is 1.48 bits per heavy atom. The molecule has 0 saturated carbocycles. The van der Waals surface area contributed by atoms with Crippen molar-refractivity contribution in [3.63, 3.8) is 0 Å². The second-order valence-corrected chi connectivity index (χ2v) is 8.65. The average molecular weight is 337 g/mol. The van der Waals surface area contributed by atoms with Gasteiger partial charge >= 0.3 is 0 Å². The van der Waals surface area contributed by atoms with Crippen LogP contribution >= 0.6 is 11.8 Å². The summed E-state index contributed by atoms with van der Waals surface area (Å²) in [5.74, 6) is 5.96. The third kappa shape index (κ3) is 8.15. The fraction of sp³-hybridized carbons (Fsp3) is 0.714. The molecule has 1 aromatic carbocycles. The van der Waals surface area contributed by atoms with Crippen molar-refractivity contribution < 1.29 is 5.11 Å². The summed E-state index contributed by atoms with van der Waals surface area (Å²) >= 11 is 2.03. The third-order valence-corrected chi connectivity index (χ3v) is 6.05. The number of hydrogen-bond acceptors (Lipinski definition) is 2. The zero-order chi connectivity index (χ0) is 17.2. The first-order valence-corrected chi connectivity index (χ1v) is 10.4. The number of rotatable bonds is 11. The maximum Gasteiger partial charge on any atom is 0.115 e. The van der Waals surface area contributed by atoms with Gasteiger partial charge in [0.05, 0.1) is 0 Å². The molecule has 0 amide bonds. The number of benzene rings is 1. The SMILES string of the molecule is CCCC(CC(CCSCc1ccc(O)cc1)C(C)C)C(C)C. The maximum absolute atomic E-state index is 9.33. The van der Waals surface area contributed by atoms with E-state index in [1.807, 2.05) is 23.9 Å². The van der Waals surface area contributed by atoms with E-state index < -0.39 is 0 Å². The summed E-state index contributed by atoms with van der Waals surface area (Å²) in [4.78, 5) is 0. The molecule has 2 heteroatoms.